The van der Waals surface area contributed by atoms with Crippen LogP contribution in [0, 0.1) is 18.6 Å². The molecule has 0 heterocycles. The van der Waals surface area contributed by atoms with E-state index in [0.717, 1.165) is 6.07 Å². The molecule has 0 aliphatic heterocycles. The van der Waals surface area contributed by atoms with Crippen molar-refractivity contribution in [1.29, 1.82) is 0 Å². The summed E-state index contributed by atoms with van der Waals surface area (Å²) >= 11 is 0. The molecule has 0 aliphatic rings. The number of aliphatic hydroxyl groups is 1. The second-order valence-electron chi connectivity index (χ2n) is 2.70. The van der Waals surface area contributed by atoms with Gasteiger partial charge in [-0.2, -0.15) is 0 Å². The number of halogens is 2. The first-order valence-electron chi connectivity index (χ1n) is 3.65. The standard InChI is InChI=1S/C9H8F2O2/c1-5-2-6(9(13)4-12)8(11)3-7(5)10/h2-4,9,13H,1H3. The minimum atomic E-state index is -1.53. The van der Waals surface area contributed by atoms with Crippen molar-refractivity contribution >= 4 is 6.29 Å². The van der Waals surface area contributed by atoms with Crippen molar-refractivity contribution in [3.8, 4) is 0 Å². The van der Waals surface area contributed by atoms with Gasteiger partial charge in [0.05, 0.1) is 0 Å². The van der Waals surface area contributed by atoms with Crippen LogP contribution in [0.4, 0.5) is 8.78 Å². The van der Waals surface area contributed by atoms with Gasteiger partial charge in [-0.25, -0.2) is 8.78 Å². The van der Waals surface area contributed by atoms with Gasteiger partial charge >= 0.3 is 0 Å². The predicted octanol–water partition coefficient (Wildman–Crippen LogP) is 1.51. The number of carbonyl (C=O) groups is 1. The summed E-state index contributed by atoms with van der Waals surface area (Å²) in [4.78, 5) is 10.1. The number of benzene rings is 1. The van der Waals surface area contributed by atoms with Gasteiger partial charge in [-0.1, -0.05) is 0 Å². The maximum atomic E-state index is 12.9. The van der Waals surface area contributed by atoms with Crippen molar-refractivity contribution in [3.63, 3.8) is 0 Å². The van der Waals surface area contributed by atoms with Crippen LogP contribution in [0.25, 0.3) is 0 Å². The van der Waals surface area contributed by atoms with Crippen molar-refractivity contribution in [2.24, 2.45) is 0 Å². The van der Waals surface area contributed by atoms with Crippen LogP contribution in [0.5, 0.6) is 0 Å². The number of rotatable bonds is 2. The summed E-state index contributed by atoms with van der Waals surface area (Å²) in [5, 5.41) is 8.99. The highest BCUT2D eigenvalue weighted by atomic mass is 19.1. The molecule has 2 nitrogen and oxygen atoms in total. The van der Waals surface area contributed by atoms with E-state index in [9.17, 15) is 13.6 Å². The molecule has 0 fully saturated rings. The second kappa shape index (κ2) is 3.62. The van der Waals surface area contributed by atoms with E-state index in [1.807, 2.05) is 0 Å². The number of aryl methyl sites for hydroxylation is 1. The molecule has 1 aromatic carbocycles. The van der Waals surface area contributed by atoms with Gasteiger partial charge in [0.25, 0.3) is 0 Å². The van der Waals surface area contributed by atoms with Gasteiger partial charge in [-0.05, 0) is 18.6 Å². The molecule has 0 saturated carbocycles. The van der Waals surface area contributed by atoms with Crippen molar-refractivity contribution in [2.75, 3.05) is 0 Å². The molecule has 0 radical (unpaired) electrons. The van der Waals surface area contributed by atoms with E-state index in [0.29, 0.717) is 6.07 Å². The highest BCUT2D eigenvalue weighted by Crippen LogP contribution is 2.19. The van der Waals surface area contributed by atoms with Crippen LogP contribution >= 0.6 is 0 Å². The molecule has 0 aliphatic carbocycles. The number of aldehydes is 1. The molecule has 1 unspecified atom stereocenters. The van der Waals surface area contributed by atoms with Gasteiger partial charge in [0.2, 0.25) is 0 Å². The number of hydrogen-bond acceptors (Lipinski definition) is 2. The molecule has 1 rings (SSSR count). The quantitative estimate of drug-likeness (QED) is 0.711. The monoisotopic (exact) mass is 186 g/mol. The minimum absolute atomic E-state index is 0.190. The van der Waals surface area contributed by atoms with E-state index in [1.165, 1.54) is 6.92 Å². The summed E-state index contributed by atoms with van der Waals surface area (Å²) in [6.45, 7) is 1.43. The van der Waals surface area contributed by atoms with Gasteiger partial charge in [0, 0.05) is 11.6 Å². The summed E-state index contributed by atoms with van der Waals surface area (Å²) in [5.74, 6) is -1.61. The molecule has 0 saturated heterocycles. The highest BCUT2D eigenvalue weighted by molar-refractivity contribution is 5.59. The van der Waals surface area contributed by atoms with E-state index in [-0.39, 0.29) is 17.4 Å². The smallest absolute Gasteiger partial charge is 0.153 e. The topological polar surface area (TPSA) is 37.3 Å². The van der Waals surface area contributed by atoms with Crippen LogP contribution in [0.3, 0.4) is 0 Å². The average Bonchev–Trinajstić information content (AvgIpc) is 2.10. The van der Waals surface area contributed by atoms with Crippen molar-refractivity contribution in [2.45, 2.75) is 13.0 Å². The minimum Gasteiger partial charge on any atom is -0.381 e. The maximum Gasteiger partial charge on any atom is 0.153 e. The fraction of sp³-hybridized carbons (Fsp3) is 0.222. The van der Waals surface area contributed by atoms with Gasteiger partial charge in [0.15, 0.2) is 6.29 Å². The lowest BCUT2D eigenvalue weighted by Crippen LogP contribution is -2.03. The molecule has 1 aromatic rings. The summed E-state index contributed by atoms with van der Waals surface area (Å²) in [6, 6.07) is 1.76. The first kappa shape index (κ1) is 9.80. The summed E-state index contributed by atoms with van der Waals surface area (Å²) in [6.07, 6.45) is -1.34. The molecule has 0 spiro atoms. The van der Waals surface area contributed by atoms with Gasteiger partial charge in [-0.3, -0.25) is 0 Å². The van der Waals surface area contributed by atoms with Crippen molar-refractivity contribution in [1.82, 2.24) is 0 Å². The van der Waals surface area contributed by atoms with E-state index >= 15 is 0 Å². The molecule has 4 heteroatoms. The third-order valence-corrected chi connectivity index (χ3v) is 1.73. The van der Waals surface area contributed by atoms with E-state index in [1.54, 1.807) is 0 Å². The number of aliphatic hydroxyl groups excluding tert-OH is 1. The van der Waals surface area contributed by atoms with Gasteiger partial charge in [-0.15, -0.1) is 0 Å². The normalized spacial score (nSPS) is 12.6. The first-order chi connectivity index (χ1) is 6.06. The molecular formula is C9H8F2O2. The summed E-state index contributed by atoms with van der Waals surface area (Å²) in [5.41, 5.74) is -0.00815. The lowest BCUT2D eigenvalue weighted by molar-refractivity contribution is -0.115. The molecule has 13 heavy (non-hydrogen) atoms. The van der Waals surface area contributed by atoms with Crippen LogP contribution in [0.15, 0.2) is 12.1 Å². The van der Waals surface area contributed by atoms with E-state index < -0.39 is 17.7 Å². The Morgan fingerprint density at radius 3 is 2.54 bits per heavy atom. The Kier molecular flexibility index (Phi) is 2.72. The molecule has 0 amide bonds. The number of hydrogen-bond donors (Lipinski definition) is 1. The van der Waals surface area contributed by atoms with Crippen LogP contribution < -0.4 is 0 Å². The Bertz CT molecular complexity index is 337. The van der Waals surface area contributed by atoms with Crippen LogP contribution in [-0.2, 0) is 4.79 Å². The predicted molar refractivity (Wildman–Crippen MR) is 42.1 cm³/mol. The third kappa shape index (κ3) is 1.89. The lowest BCUT2D eigenvalue weighted by atomic mass is 10.1. The fourth-order valence-electron chi connectivity index (χ4n) is 0.980. The zero-order valence-corrected chi connectivity index (χ0v) is 6.92. The summed E-state index contributed by atoms with van der Waals surface area (Å²) < 4.78 is 25.6. The largest absolute Gasteiger partial charge is 0.381 e. The van der Waals surface area contributed by atoms with Crippen molar-refractivity contribution < 1.29 is 18.7 Å². The molecule has 0 bridgehead atoms. The Morgan fingerprint density at radius 2 is 2.00 bits per heavy atom. The van der Waals surface area contributed by atoms with Crippen LogP contribution in [0.2, 0.25) is 0 Å². The number of carbonyl (C=O) groups excluding carboxylic acids is 1. The SMILES string of the molecule is Cc1cc(C(O)C=O)c(F)cc1F. The molecule has 0 aromatic heterocycles. The molecule has 70 valence electrons. The first-order valence-corrected chi connectivity index (χ1v) is 3.65. The van der Waals surface area contributed by atoms with Crippen molar-refractivity contribution in [3.05, 3.63) is 34.9 Å². The average molecular weight is 186 g/mol. The van der Waals surface area contributed by atoms with Gasteiger partial charge < -0.3 is 9.90 Å². The molecule has 1 N–H and O–H groups in total. The zero-order valence-electron chi connectivity index (χ0n) is 6.92. The van der Waals surface area contributed by atoms with E-state index in [2.05, 4.69) is 0 Å². The Labute approximate surface area is 73.8 Å². The van der Waals surface area contributed by atoms with Crippen LogP contribution in [-0.4, -0.2) is 11.4 Å². The molecule has 1 atom stereocenters. The summed E-state index contributed by atoms with van der Waals surface area (Å²) in [7, 11) is 0. The zero-order chi connectivity index (χ0) is 10.0. The lowest BCUT2D eigenvalue weighted by Gasteiger charge is -2.06. The van der Waals surface area contributed by atoms with E-state index in [4.69, 9.17) is 5.11 Å². The van der Waals surface area contributed by atoms with Gasteiger partial charge in [0.1, 0.15) is 17.7 Å². The fourth-order valence-corrected chi connectivity index (χ4v) is 0.980. The third-order valence-electron chi connectivity index (χ3n) is 1.73. The Morgan fingerprint density at radius 1 is 1.38 bits per heavy atom. The Balaban J connectivity index is 3.22. The molecular weight excluding hydrogens is 178 g/mol. The van der Waals surface area contributed by atoms with Crippen LogP contribution in [0.1, 0.15) is 17.2 Å². The highest BCUT2D eigenvalue weighted by Gasteiger charge is 2.13. The second-order valence-corrected chi connectivity index (χ2v) is 2.70. The maximum absolute atomic E-state index is 12.9. The Hall–Kier alpha value is -1.29.